The molecule has 0 atom stereocenters. The van der Waals surface area contributed by atoms with Crippen LogP contribution in [0.25, 0.3) is 0 Å². The maximum absolute atomic E-state index is 11.8. The minimum atomic E-state index is -0.268. The summed E-state index contributed by atoms with van der Waals surface area (Å²) in [6, 6.07) is 9.99. The lowest BCUT2D eigenvalue weighted by atomic mass is 10.2. The number of carbonyl (C=O) groups excluding carboxylic acids is 1. The highest BCUT2D eigenvalue weighted by atomic mass is 16.1. The predicted octanol–water partition coefficient (Wildman–Crippen LogP) is 1.50. The number of nitrogens with zero attached hydrogens (tertiary/aromatic N) is 1. The second-order valence-corrected chi connectivity index (χ2v) is 3.52. The van der Waals surface area contributed by atoms with E-state index in [1.807, 2.05) is 0 Å². The van der Waals surface area contributed by atoms with Gasteiger partial charge < -0.3 is 16.8 Å². The fourth-order valence-corrected chi connectivity index (χ4v) is 1.34. The van der Waals surface area contributed by atoms with Gasteiger partial charge in [-0.1, -0.05) is 0 Å². The predicted molar refractivity (Wildman–Crippen MR) is 67.5 cm³/mol. The summed E-state index contributed by atoms with van der Waals surface area (Å²) in [5.41, 5.74) is 12.8. The molecular formula is C12H12N4O. The van der Waals surface area contributed by atoms with E-state index in [0.29, 0.717) is 22.8 Å². The zero-order valence-electron chi connectivity index (χ0n) is 9.05. The number of benzene rings is 1. The first-order valence-electron chi connectivity index (χ1n) is 5.04. The number of nitrogens with two attached hydrogens (primary N) is 2. The van der Waals surface area contributed by atoms with E-state index in [9.17, 15) is 4.79 Å². The summed E-state index contributed by atoms with van der Waals surface area (Å²) in [7, 11) is 0. The summed E-state index contributed by atoms with van der Waals surface area (Å²) < 4.78 is 0. The molecule has 5 N–H and O–H groups in total. The Hall–Kier alpha value is -2.56. The van der Waals surface area contributed by atoms with Gasteiger partial charge in [-0.2, -0.15) is 0 Å². The minimum absolute atomic E-state index is 0.268. The van der Waals surface area contributed by atoms with Crippen LogP contribution < -0.4 is 16.8 Å². The Morgan fingerprint density at radius 1 is 1.12 bits per heavy atom. The van der Waals surface area contributed by atoms with Crippen LogP contribution in [0.5, 0.6) is 0 Å². The second kappa shape index (κ2) is 4.52. The van der Waals surface area contributed by atoms with E-state index in [4.69, 9.17) is 11.5 Å². The largest absolute Gasteiger partial charge is 0.399 e. The maximum atomic E-state index is 11.8. The number of carbonyl (C=O) groups is 1. The molecule has 5 heteroatoms. The highest BCUT2D eigenvalue weighted by Crippen LogP contribution is 2.14. The van der Waals surface area contributed by atoms with Crippen LogP contribution in [0.2, 0.25) is 0 Å². The van der Waals surface area contributed by atoms with Gasteiger partial charge in [-0.25, -0.2) is 4.98 Å². The molecule has 0 unspecified atom stereocenters. The standard InChI is InChI=1S/C12H12N4O/c13-9-5-3-8(4-6-9)12(17)16-11-10(14)2-1-7-15-11/h1-7H,13-14H2,(H,15,16,17). The molecule has 1 aromatic carbocycles. The van der Waals surface area contributed by atoms with Crippen LogP contribution >= 0.6 is 0 Å². The molecule has 0 bridgehead atoms. The highest BCUT2D eigenvalue weighted by molar-refractivity contribution is 6.05. The lowest BCUT2D eigenvalue weighted by molar-refractivity contribution is 0.102. The Bertz CT molecular complexity index is 536. The third-order valence-corrected chi connectivity index (χ3v) is 2.24. The molecule has 0 radical (unpaired) electrons. The van der Waals surface area contributed by atoms with Crippen LogP contribution in [0.4, 0.5) is 17.2 Å². The van der Waals surface area contributed by atoms with Crippen LogP contribution in [-0.4, -0.2) is 10.9 Å². The topological polar surface area (TPSA) is 94.0 Å². The van der Waals surface area contributed by atoms with E-state index in [0.717, 1.165) is 0 Å². The van der Waals surface area contributed by atoms with Crippen molar-refractivity contribution >= 4 is 23.1 Å². The van der Waals surface area contributed by atoms with Crippen molar-refractivity contribution in [2.24, 2.45) is 0 Å². The van der Waals surface area contributed by atoms with E-state index in [-0.39, 0.29) is 5.91 Å². The van der Waals surface area contributed by atoms with Gasteiger partial charge in [0, 0.05) is 17.4 Å². The van der Waals surface area contributed by atoms with Crippen LogP contribution in [0.1, 0.15) is 10.4 Å². The molecule has 2 rings (SSSR count). The van der Waals surface area contributed by atoms with Crippen molar-refractivity contribution in [2.45, 2.75) is 0 Å². The number of hydrogen-bond donors (Lipinski definition) is 3. The van der Waals surface area contributed by atoms with E-state index in [2.05, 4.69) is 10.3 Å². The average molecular weight is 228 g/mol. The van der Waals surface area contributed by atoms with E-state index in [1.165, 1.54) is 0 Å². The van der Waals surface area contributed by atoms with Gasteiger partial charge in [0.2, 0.25) is 0 Å². The quantitative estimate of drug-likeness (QED) is 0.679. The van der Waals surface area contributed by atoms with E-state index >= 15 is 0 Å². The number of nitrogens with one attached hydrogen (secondary N) is 1. The van der Waals surface area contributed by atoms with Crippen molar-refractivity contribution in [3.63, 3.8) is 0 Å². The van der Waals surface area contributed by atoms with Gasteiger partial charge in [-0.05, 0) is 36.4 Å². The van der Waals surface area contributed by atoms with Crippen molar-refractivity contribution in [2.75, 3.05) is 16.8 Å². The highest BCUT2D eigenvalue weighted by Gasteiger charge is 2.07. The van der Waals surface area contributed by atoms with Crippen molar-refractivity contribution in [3.05, 3.63) is 48.2 Å². The number of nitrogen functional groups attached to an aromatic ring is 2. The molecule has 2 aromatic rings. The molecule has 5 nitrogen and oxygen atoms in total. The first-order chi connectivity index (χ1) is 8.16. The number of hydrogen-bond acceptors (Lipinski definition) is 4. The monoisotopic (exact) mass is 228 g/mol. The molecule has 1 aromatic heterocycles. The fourth-order valence-electron chi connectivity index (χ4n) is 1.34. The zero-order chi connectivity index (χ0) is 12.3. The molecule has 1 amide bonds. The van der Waals surface area contributed by atoms with Crippen molar-refractivity contribution in [3.8, 4) is 0 Å². The Morgan fingerprint density at radius 2 is 1.82 bits per heavy atom. The van der Waals surface area contributed by atoms with Gasteiger partial charge in [0.25, 0.3) is 5.91 Å². The first kappa shape index (κ1) is 10.9. The van der Waals surface area contributed by atoms with E-state index in [1.54, 1.807) is 42.6 Å². The molecule has 17 heavy (non-hydrogen) atoms. The smallest absolute Gasteiger partial charge is 0.256 e. The Morgan fingerprint density at radius 3 is 2.47 bits per heavy atom. The third kappa shape index (κ3) is 2.52. The summed E-state index contributed by atoms with van der Waals surface area (Å²) in [4.78, 5) is 15.8. The third-order valence-electron chi connectivity index (χ3n) is 2.24. The van der Waals surface area contributed by atoms with Gasteiger partial charge in [0.15, 0.2) is 5.82 Å². The first-order valence-corrected chi connectivity index (χ1v) is 5.04. The lowest BCUT2D eigenvalue weighted by Gasteiger charge is -2.06. The van der Waals surface area contributed by atoms with Crippen LogP contribution in [0, 0.1) is 0 Å². The van der Waals surface area contributed by atoms with E-state index < -0.39 is 0 Å². The molecule has 0 aliphatic heterocycles. The van der Waals surface area contributed by atoms with Crippen molar-refractivity contribution in [1.82, 2.24) is 4.98 Å². The molecular weight excluding hydrogens is 216 g/mol. The number of aromatic nitrogens is 1. The molecule has 0 spiro atoms. The average Bonchev–Trinajstić information content (AvgIpc) is 2.33. The van der Waals surface area contributed by atoms with Gasteiger partial charge in [-0.15, -0.1) is 0 Å². The van der Waals surface area contributed by atoms with Gasteiger partial charge in [-0.3, -0.25) is 4.79 Å². The molecule has 86 valence electrons. The molecule has 1 heterocycles. The van der Waals surface area contributed by atoms with Crippen LogP contribution in [0.15, 0.2) is 42.6 Å². The summed E-state index contributed by atoms with van der Waals surface area (Å²) >= 11 is 0. The van der Waals surface area contributed by atoms with Crippen molar-refractivity contribution < 1.29 is 4.79 Å². The number of rotatable bonds is 2. The van der Waals surface area contributed by atoms with Gasteiger partial charge >= 0.3 is 0 Å². The SMILES string of the molecule is Nc1ccc(C(=O)Nc2ncccc2N)cc1. The van der Waals surface area contributed by atoms with Crippen LogP contribution in [0.3, 0.4) is 0 Å². The fraction of sp³-hybridized carbons (Fsp3) is 0. The van der Waals surface area contributed by atoms with Gasteiger partial charge in [0.1, 0.15) is 0 Å². The summed E-state index contributed by atoms with van der Waals surface area (Å²) in [5, 5.41) is 2.63. The second-order valence-electron chi connectivity index (χ2n) is 3.52. The summed E-state index contributed by atoms with van der Waals surface area (Å²) in [6.07, 6.45) is 1.56. The lowest BCUT2D eigenvalue weighted by Crippen LogP contribution is -2.14. The van der Waals surface area contributed by atoms with Crippen molar-refractivity contribution in [1.29, 1.82) is 0 Å². The summed E-state index contributed by atoms with van der Waals surface area (Å²) in [5.74, 6) is 0.0877. The summed E-state index contributed by atoms with van der Waals surface area (Å²) in [6.45, 7) is 0. The molecule has 0 aliphatic rings. The maximum Gasteiger partial charge on any atom is 0.256 e. The molecule has 0 aliphatic carbocycles. The normalized spacial score (nSPS) is 9.88. The Balaban J connectivity index is 2.17. The molecule has 0 saturated heterocycles. The Kier molecular flexibility index (Phi) is 2.91. The van der Waals surface area contributed by atoms with Crippen LogP contribution in [-0.2, 0) is 0 Å². The number of anilines is 3. The molecule has 0 saturated carbocycles. The molecule has 0 fully saturated rings. The Labute approximate surface area is 98.5 Å². The zero-order valence-corrected chi connectivity index (χ0v) is 9.05. The van der Waals surface area contributed by atoms with Gasteiger partial charge in [0.05, 0.1) is 5.69 Å². The number of pyridine rings is 1. The number of amides is 1. The minimum Gasteiger partial charge on any atom is -0.399 e.